The van der Waals surface area contributed by atoms with Gasteiger partial charge in [-0.25, -0.2) is 0 Å². The molecule has 0 aromatic rings. The highest BCUT2D eigenvalue weighted by molar-refractivity contribution is 5.78. The minimum atomic E-state index is -1.06. The highest BCUT2D eigenvalue weighted by Crippen LogP contribution is 2.28. The lowest BCUT2D eigenvalue weighted by Crippen LogP contribution is -2.52. The Kier molecular flexibility index (Phi) is 4.54. The molecule has 0 heterocycles. The molecule has 1 saturated carbocycles. The number of rotatable bonds is 5. The van der Waals surface area contributed by atoms with E-state index in [1.807, 2.05) is 0 Å². The quantitative estimate of drug-likeness (QED) is 0.682. The van der Waals surface area contributed by atoms with Crippen molar-refractivity contribution >= 4 is 5.97 Å². The first-order valence-electron chi connectivity index (χ1n) is 5.72. The average molecular weight is 215 g/mol. The molecule has 1 fully saturated rings. The fraction of sp³-hybridized carbons (Fsp3) is 0.909. The summed E-state index contributed by atoms with van der Waals surface area (Å²) in [5.41, 5.74) is 4.76. The molecular weight excluding hydrogens is 194 g/mol. The van der Waals surface area contributed by atoms with Gasteiger partial charge in [0.15, 0.2) is 0 Å². The molecule has 88 valence electrons. The fourth-order valence-electron chi connectivity index (χ4n) is 1.99. The standard InChI is InChI=1S/C11H21NO3/c1-2-3-7-15-9-5-4-6-11(12,8-9)10(13)14/h9H,2-8,12H2,1H3,(H,13,14). The van der Waals surface area contributed by atoms with Gasteiger partial charge in [-0.1, -0.05) is 13.3 Å². The van der Waals surface area contributed by atoms with Crippen molar-refractivity contribution in [1.82, 2.24) is 0 Å². The second-order valence-corrected chi connectivity index (χ2v) is 4.40. The van der Waals surface area contributed by atoms with E-state index in [1.165, 1.54) is 0 Å². The van der Waals surface area contributed by atoms with Crippen molar-refractivity contribution in [2.24, 2.45) is 5.73 Å². The van der Waals surface area contributed by atoms with Crippen LogP contribution in [0, 0.1) is 0 Å². The van der Waals surface area contributed by atoms with Crippen LogP contribution in [0.2, 0.25) is 0 Å². The second-order valence-electron chi connectivity index (χ2n) is 4.40. The summed E-state index contributed by atoms with van der Waals surface area (Å²) < 4.78 is 5.63. The van der Waals surface area contributed by atoms with Crippen molar-refractivity contribution in [3.63, 3.8) is 0 Å². The molecule has 0 radical (unpaired) electrons. The van der Waals surface area contributed by atoms with E-state index in [9.17, 15) is 4.79 Å². The molecule has 1 aliphatic carbocycles. The van der Waals surface area contributed by atoms with Gasteiger partial charge in [-0.2, -0.15) is 0 Å². The molecule has 15 heavy (non-hydrogen) atoms. The second kappa shape index (κ2) is 5.47. The summed E-state index contributed by atoms with van der Waals surface area (Å²) >= 11 is 0. The SMILES string of the molecule is CCCCOC1CCCC(N)(C(=O)O)C1. The topological polar surface area (TPSA) is 72.5 Å². The van der Waals surface area contributed by atoms with Crippen molar-refractivity contribution in [2.75, 3.05) is 6.61 Å². The molecule has 1 aliphatic rings. The van der Waals surface area contributed by atoms with Gasteiger partial charge in [0.25, 0.3) is 0 Å². The summed E-state index contributed by atoms with van der Waals surface area (Å²) in [6, 6.07) is 0. The normalized spacial score (nSPS) is 31.5. The Morgan fingerprint density at radius 1 is 1.67 bits per heavy atom. The molecule has 0 bridgehead atoms. The number of hydrogen-bond donors (Lipinski definition) is 2. The fourth-order valence-corrected chi connectivity index (χ4v) is 1.99. The van der Waals surface area contributed by atoms with Crippen molar-refractivity contribution < 1.29 is 14.6 Å². The maximum absolute atomic E-state index is 11.0. The van der Waals surface area contributed by atoms with Crippen LogP contribution in [-0.4, -0.2) is 29.3 Å². The molecular formula is C11H21NO3. The third kappa shape index (κ3) is 3.47. The van der Waals surface area contributed by atoms with Crippen LogP contribution in [-0.2, 0) is 9.53 Å². The lowest BCUT2D eigenvalue weighted by Gasteiger charge is -2.34. The third-order valence-electron chi connectivity index (χ3n) is 3.02. The molecule has 2 unspecified atom stereocenters. The molecule has 1 rings (SSSR count). The van der Waals surface area contributed by atoms with Gasteiger partial charge in [-0.05, 0) is 25.7 Å². The average Bonchev–Trinajstić information content (AvgIpc) is 2.18. The monoisotopic (exact) mass is 215 g/mol. The van der Waals surface area contributed by atoms with Gasteiger partial charge in [0.1, 0.15) is 5.54 Å². The lowest BCUT2D eigenvalue weighted by molar-refractivity contribution is -0.147. The molecule has 2 atom stereocenters. The molecule has 4 nitrogen and oxygen atoms in total. The number of aliphatic carboxylic acids is 1. The Morgan fingerprint density at radius 2 is 2.40 bits per heavy atom. The number of carboxylic acids is 1. The van der Waals surface area contributed by atoms with E-state index in [2.05, 4.69) is 6.92 Å². The van der Waals surface area contributed by atoms with E-state index >= 15 is 0 Å². The van der Waals surface area contributed by atoms with Gasteiger partial charge in [-0.3, -0.25) is 4.79 Å². The van der Waals surface area contributed by atoms with Crippen LogP contribution in [0.3, 0.4) is 0 Å². The zero-order valence-corrected chi connectivity index (χ0v) is 9.37. The Morgan fingerprint density at radius 3 is 3.00 bits per heavy atom. The van der Waals surface area contributed by atoms with Crippen LogP contribution in [0.5, 0.6) is 0 Å². The van der Waals surface area contributed by atoms with Crippen molar-refractivity contribution in [3.05, 3.63) is 0 Å². The van der Waals surface area contributed by atoms with Crippen molar-refractivity contribution in [3.8, 4) is 0 Å². The summed E-state index contributed by atoms with van der Waals surface area (Å²) in [6.45, 7) is 2.82. The van der Waals surface area contributed by atoms with E-state index < -0.39 is 11.5 Å². The smallest absolute Gasteiger partial charge is 0.323 e. The van der Waals surface area contributed by atoms with E-state index in [1.54, 1.807) is 0 Å². The number of carbonyl (C=O) groups is 1. The van der Waals surface area contributed by atoms with Crippen LogP contribution in [0.15, 0.2) is 0 Å². The number of carboxylic acid groups (broad SMARTS) is 1. The first-order valence-corrected chi connectivity index (χ1v) is 5.72. The Bertz CT molecular complexity index is 220. The third-order valence-corrected chi connectivity index (χ3v) is 3.02. The van der Waals surface area contributed by atoms with Gasteiger partial charge in [0.2, 0.25) is 0 Å². The largest absolute Gasteiger partial charge is 0.480 e. The van der Waals surface area contributed by atoms with E-state index in [-0.39, 0.29) is 6.10 Å². The molecule has 4 heteroatoms. The van der Waals surface area contributed by atoms with Crippen molar-refractivity contribution in [2.45, 2.75) is 57.1 Å². The van der Waals surface area contributed by atoms with Crippen LogP contribution in [0.25, 0.3) is 0 Å². The number of ether oxygens (including phenoxy) is 1. The zero-order valence-electron chi connectivity index (χ0n) is 9.37. The summed E-state index contributed by atoms with van der Waals surface area (Å²) in [6.07, 6.45) is 4.96. The summed E-state index contributed by atoms with van der Waals surface area (Å²) in [5, 5.41) is 9.01. The molecule has 3 N–H and O–H groups in total. The van der Waals surface area contributed by atoms with Crippen LogP contribution >= 0.6 is 0 Å². The number of nitrogens with two attached hydrogens (primary N) is 1. The van der Waals surface area contributed by atoms with Crippen molar-refractivity contribution in [1.29, 1.82) is 0 Å². The maximum atomic E-state index is 11.0. The minimum Gasteiger partial charge on any atom is -0.480 e. The van der Waals surface area contributed by atoms with Crippen LogP contribution < -0.4 is 5.73 Å². The predicted molar refractivity (Wildman–Crippen MR) is 57.7 cm³/mol. The summed E-state index contributed by atoms with van der Waals surface area (Å²) in [5.74, 6) is -0.897. The molecule has 0 amide bonds. The minimum absolute atomic E-state index is 0.0337. The Labute approximate surface area is 90.8 Å². The van der Waals surface area contributed by atoms with Gasteiger partial charge in [0, 0.05) is 13.0 Å². The Hall–Kier alpha value is -0.610. The van der Waals surface area contributed by atoms with E-state index in [0.717, 1.165) is 32.3 Å². The van der Waals surface area contributed by atoms with Gasteiger partial charge >= 0.3 is 5.97 Å². The first kappa shape index (κ1) is 12.5. The lowest BCUT2D eigenvalue weighted by atomic mass is 9.81. The van der Waals surface area contributed by atoms with Crippen LogP contribution in [0.1, 0.15) is 45.4 Å². The molecule has 0 aromatic carbocycles. The van der Waals surface area contributed by atoms with Gasteiger partial charge < -0.3 is 15.6 Å². The van der Waals surface area contributed by atoms with Crippen LogP contribution in [0.4, 0.5) is 0 Å². The Balaban J connectivity index is 2.38. The highest BCUT2D eigenvalue weighted by atomic mass is 16.5. The summed E-state index contributed by atoms with van der Waals surface area (Å²) in [4.78, 5) is 11.0. The highest BCUT2D eigenvalue weighted by Gasteiger charge is 2.39. The molecule has 0 aliphatic heterocycles. The van der Waals surface area contributed by atoms with E-state index in [4.69, 9.17) is 15.6 Å². The number of hydrogen-bond acceptors (Lipinski definition) is 3. The maximum Gasteiger partial charge on any atom is 0.323 e. The summed E-state index contributed by atoms with van der Waals surface area (Å²) in [7, 11) is 0. The molecule has 0 aromatic heterocycles. The van der Waals surface area contributed by atoms with Gasteiger partial charge in [0.05, 0.1) is 6.10 Å². The molecule has 0 spiro atoms. The number of unbranched alkanes of at least 4 members (excludes halogenated alkanes) is 1. The van der Waals surface area contributed by atoms with Gasteiger partial charge in [-0.15, -0.1) is 0 Å². The first-order chi connectivity index (χ1) is 7.08. The molecule has 0 saturated heterocycles. The predicted octanol–water partition coefficient (Wildman–Crippen LogP) is 1.53. The van der Waals surface area contributed by atoms with E-state index in [0.29, 0.717) is 12.8 Å². The zero-order chi connectivity index (χ0) is 11.3.